The van der Waals surface area contributed by atoms with Gasteiger partial charge in [-0.2, -0.15) is 0 Å². The van der Waals surface area contributed by atoms with Crippen molar-refractivity contribution in [3.8, 4) is 5.75 Å². The molecular weight excluding hydrogens is 484 g/mol. The molecule has 0 aliphatic carbocycles. The summed E-state index contributed by atoms with van der Waals surface area (Å²) in [6, 6.07) is 24.7. The zero-order chi connectivity index (χ0) is 26.6. The van der Waals surface area contributed by atoms with Crippen LogP contribution in [0.1, 0.15) is 33.7 Å². The fourth-order valence-electron chi connectivity index (χ4n) is 4.45. The van der Waals surface area contributed by atoms with Crippen molar-refractivity contribution in [3.05, 3.63) is 167 Å². The number of hydrogen-bond acceptors (Lipinski definition) is 5. The molecule has 2 heterocycles. The van der Waals surface area contributed by atoms with Crippen molar-refractivity contribution in [2.45, 2.75) is 19.0 Å². The van der Waals surface area contributed by atoms with Gasteiger partial charge in [0.1, 0.15) is 5.75 Å². The van der Waals surface area contributed by atoms with E-state index in [0.29, 0.717) is 5.56 Å². The van der Waals surface area contributed by atoms with Crippen LogP contribution in [-0.2, 0) is 13.1 Å². The molecule has 0 aliphatic heterocycles. The molecule has 9 heteroatoms. The maximum Gasteiger partial charge on any atom is 0.328 e. The van der Waals surface area contributed by atoms with Crippen molar-refractivity contribution in [1.82, 2.24) is 19.1 Å². The van der Waals surface area contributed by atoms with Gasteiger partial charge in [-0.1, -0.05) is 72.8 Å². The van der Waals surface area contributed by atoms with Crippen LogP contribution in [0.2, 0.25) is 0 Å². The Kier molecular flexibility index (Phi) is 6.73. The van der Waals surface area contributed by atoms with Crippen LogP contribution in [-0.4, -0.2) is 24.2 Å². The number of nitrogens with zero attached hydrogens (tertiary/aromatic N) is 2. The van der Waals surface area contributed by atoms with E-state index in [1.165, 1.54) is 33.7 Å². The Morgan fingerprint density at radius 3 is 1.45 bits per heavy atom. The normalized spacial score (nSPS) is 11.1. The molecule has 2 aromatic heterocycles. The maximum atomic E-state index is 13.2. The van der Waals surface area contributed by atoms with Gasteiger partial charge in [0.15, 0.2) is 0 Å². The Bertz CT molecular complexity index is 1690. The zero-order valence-corrected chi connectivity index (χ0v) is 20.2. The number of aromatic nitrogens is 4. The smallest absolute Gasteiger partial charge is 0.328 e. The molecule has 0 bridgehead atoms. The highest BCUT2D eigenvalue weighted by Crippen LogP contribution is 2.28. The molecule has 190 valence electrons. The molecule has 3 N–H and O–H groups in total. The molecule has 0 amide bonds. The summed E-state index contributed by atoms with van der Waals surface area (Å²) in [6.45, 7) is 0.408. The molecular formula is C29H24N4O5. The van der Waals surface area contributed by atoms with Gasteiger partial charge in [-0.05, 0) is 28.8 Å². The first-order chi connectivity index (χ1) is 18.4. The lowest BCUT2D eigenvalue weighted by Crippen LogP contribution is -2.37. The Hall–Kier alpha value is -5.18. The summed E-state index contributed by atoms with van der Waals surface area (Å²) >= 11 is 0. The molecule has 3 aromatic carbocycles. The molecule has 0 unspecified atom stereocenters. The van der Waals surface area contributed by atoms with Crippen LogP contribution in [0.3, 0.4) is 0 Å². The van der Waals surface area contributed by atoms with Crippen molar-refractivity contribution in [3.63, 3.8) is 0 Å². The number of phenols is 1. The van der Waals surface area contributed by atoms with Crippen molar-refractivity contribution in [2.24, 2.45) is 0 Å². The first-order valence-electron chi connectivity index (χ1n) is 11.9. The summed E-state index contributed by atoms with van der Waals surface area (Å²) in [5.41, 5.74) is 0.0168. The monoisotopic (exact) mass is 508 g/mol. The van der Waals surface area contributed by atoms with E-state index < -0.39 is 28.4 Å². The third-order valence-corrected chi connectivity index (χ3v) is 6.32. The molecule has 0 spiro atoms. The van der Waals surface area contributed by atoms with Crippen LogP contribution in [0.25, 0.3) is 0 Å². The van der Waals surface area contributed by atoms with E-state index in [4.69, 9.17) is 0 Å². The quantitative estimate of drug-likeness (QED) is 0.311. The number of H-pyrrole nitrogens is 2. The summed E-state index contributed by atoms with van der Waals surface area (Å²) < 4.78 is 2.74. The van der Waals surface area contributed by atoms with Crippen molar-refractivity contribution >= 4 is 0 Å². The third kappa shape index (κ3) is 5.17. The van der Waals surface area contributed by atoms with Gasteiger partial charge in [0.2, 0.25) is 0 Å². The summed E-state index contributed by atoms with van der Waals surface area (Å²) in [5.74, 6) is -0.924. The molecule has 0 radical (unpaired) electrons. The first-order valence-corrected chi connectivity index (χ1v) is 11.9. The van der Waals surface area contributed by atoms with E-state index in [9.17, 15) is 24.3 Å². The van der Waals surface area contributed by atoms with Crippen LogP contribution in [0.4, 0.5) is 0 Å². The Labute approximate surface area is 215 Å². The molecule has 0 aliphatic rings. The highest BCUT2D eigenvalue weighted by atomic mass is 16.3. The molecule has 5 rings (SSSR count). The lowest BCUT2D eigenvalue weighted by atomic mass is 9.87. The number of aromatic amines is 2. The second-order valence-corrected chi connectivity index (χ2v) is 8.94. The number of benzene rings is 3. The summed E-state index contributed by atoms with van der Waals surface area (Å²) in [7, 11) is 0. The lowest BCUT2D eigenvalue weighted by molar-refractivity contribution is 0.475. The fourth-order valence-corrected chi connectivity index (χ4v) is 4.45. The second kappa shape index (κ2) is 10.4. The average Bonchev–Trinajstić information content (AvgIpc) is 2.91. The van der Waals surface area contributed by atoms with Gasteiger partial charge < -0.3 is 5.11 Å². The van der Waals surface area contributed by atoms with E-state index in [2.05, 4.69) is 9.97 Å². The van der Waals surface area contributed by atoms with Gasteiger partial charge in [0.05, 0.1) is 13.1 Å². The first kappa shape index (κ1) is 24.5. The van der Waals surface area contributed by atoms with Gasteiger partial charge in [-0.25, -0.2) is 9.59 Å². The van der Waals surface area contributed by atoms with E-state index in [1.807, 2.05) is 60.7 Å². The Morgan fingerprint density at radius 1 is 0.605 bits per heavy atom. The van der Waals surface area contributed by atoms with Crippen LogP contribution in [0.5, 0.6) is 5.75 Å². The predicted molar refractivity (Wildman–Crippen MR) is 143 cm³/mol. The van der Waals surface area contributed by atoms with E-state index >= 15 is 0 Å². The average molecular weight is 509 g/mol. The van der Waals surface area contributed by atoms with Gasteiger partial charge in [-0.3, -0.25) is 28.7 Å². The molecule has 5 aromatic rings. The topological polar surface area (TPSA) is 130 Å². The number of hydrogen-bond donors (Lipinski definition) is 3. The molecule has 0 saturated carbocycles. The highest BCUT2D eigenvalue weighted by molar-refractivity contribution is 5.42. The van der Waals surface area contributed by atoms with E-state index in [0.717, 1.165) is 11.1 Å². The van der Waals surface area contributed by atoms with Crippen molar-refractivity contribution in [2.75, 3.05) is 0 Å². The van der Waals surface area contributed by atoms with Gasteiger partial charge >= 0.3 is 11.4 Å². The number of nitrogens with one attached hydrogen (secondary N) is 2. The number of aromatic hydroxyl groups is 1. The van der Waals surface area contributed by atoms with E-state index in [-0.39, 0.29) is 30.0 Å². The largest absolute Gasteiger partial charge is 0.508 e. The summed E-state index contributed by atoms with van der Waals surface area (Å²) in [5, 5.41) is 9.85. The third-order valence-electron chi connectivity index (χ3n) is 6.32. The molecule has 38 heavy (non-hydrogen) atoms. The number of rotatable bonds is 7. The van der Waals surface area contributed by atoms with Gasteiger partial charge in [0.25, 0.3) is 11.1 Å². The van der Waals surface area contributed by atoms with Crippen LogP contribution in [0, 0.1) is 0 Å². The minimum Gasteiger partial charge on any atom is -0.508 e. The number of phenolic OH excluding ortho intramolecular Hbond substituents is 1. The Morgan fingerprint density at radius 2 is 1.03 bits per heavy atom. The molecule has 0 fully saturated rings. The van der Waals surface area contributed by atoms with Crippen molar-refractivity contribution in [1.29, 1.82) is 0 Å². The zero-order valence-electron chi connectivity index (χ0n) is 20.2. The minimum absolute atomic E-state index is 0.0124. The van der Waals surface area contributed by atoms with Crippen LogP contribution in [0.15, 0.2) is 117 Å². The lowest BCUT2D eigenvalue weighted by Gasteiger charge is -2.19. The summed E-state index contributed by atoms with van der Waals surface area (Å²) in [6.07, 6.45) is 2.88. The predicted octanol–water partition coefficient (Wildman–Crippen LogP) is 2.37. The fraction of sp³-hybridized carbons (Fsp3) is 0.103. The Balaban J connectivity index is 1.69. The van der Waals surface area contributed by atoms with Crippen molar-refractivity contribution < 1.29 is 5.11 Å². The van der Waals surface area contributed by atoms with E-state index in [1.54, 1.807) is 12.1 Å². The molecule has 0 atom stereocenters. The van der Waals surface area contributed by atoms with Crippen LogP contribution >= 0.6 is 0 Å². The molecule has 0 saturated heterocycles. The van der Waals surface area contributed by atoms with Crippen LogP contribution < -0.4 is 22.5 Å². The maximum absolute atomic E-state index is 13.2. The van der Waals surface area contributed by atoms with Gasteiger partial charge in [-0.15, -0.1) is 0 Å². The van der Waals surface area contributed by atoms with Gasteiger partial charge in [0, 0.05) is 29.4 Å². The highest BCUT2D eigenvalue weighted by Gasteiger charge is 2.25. The SMILES string of the molecule is O=c1[nH]c(=O)n(Cc2ccccc2)cc1C(c1ccc(O)cc1)c1cn(Cc2ccccc2)c(=O)[nH]c1=O. The second-order valence-electron chi connectivity index (χ2n) is 8.94. The molecule has 9 nitrogen and oxygen atoms in total. The summed E-state index contributed by atoms with van der Waals surface area (Å²) in [4.78, 5) is 56.4. The standard InChI is InChI=1S/C29H24N4O5/c34-22-13-11-21(12-14-22)25(23-17-32(28(37)30-26(23)35)15-19-7-3-1-4-8-19)24-18-33(29(38)31-27(24)36)16-20-9-5-2-6-10-20/h1-14,17-18,25,34H,15-16H2,(H,30,35,37)(H,31,36,38). The minimum atomic E-state index is -0.937.